The number of ether oxygens (including phenoxy) is 3. The highest BCUT2D eigenvalue weighted by molar-refractivity contribution is 5.77. The van der Waals surface area contributed by atoms with E-state index in [-0.39, 0.29) is 12.5 Å². The third-order valence-corrected chi connectivity index (χ3v) is 3.56. The van der Waals surface area contributed by atoms with E-state index in [4.69, 9.17) is 14.2 Å². The van der Waals surface area contributed by atoms with Gasteiger partial charge in [0.25, 0.3) is 5.91 Å². The van der Waals surface area contributed by atoms with Gasteiger partial charge >= 0.3 is 0 Å². The van der Waals surface area contributed by atoms with E-state index in [1.165, 1.54) is 0 Å². The smallest absolute Gasteiger partial charge is 0.260 e. The summed E-state index contributed by atoms with van der Waals surface area (Å²) in [5, 5.41) is 0. The lowest BCUT2D eigenvalue weighted by atomic mass is 10.2. The molecule has 0 saturated heterocycles. The highest BCUT2D eigenvalue weighted by Gasteiger charge is 2.14. The van der Waals surface area contributed by atoms with E-state index in [1.54, 1.807) is 43.4 Å². The number of hydrogen-bond acceptors (Lipinski definition) is 4. The minimum absolute atomic E-state index is 0.0110. The van der Waals surface area contributed by atoms with Crippen LogP contribution in [0, 0.1) is 0 Å². The molecule has 5 nitrogen and oxygen atoms in total. The molecule has 0 aliphatic heterocycles. The van der Waals surface area contributed by atoms with Crippen molar-refractivity contribution < 1.29 is 19.0 Å². The lowest BCUT2D eigenvalue weighted by Crippen LogP contribution is -2.36. The Hall–Kier alpha value is -2.53. The third kappa shape index (κ3) is 5.59. The topological polar surface area (TPSA) is 48.0 Å². The van der Waals surface area contributed by atoms with Gasteiger partial charge in [-0.1, -0.05) is 30.3 Å². The first-order chi connectivity index (χ1) is 11.7. The molecule has 0 unspecified atom stereocenters. The predicted molar refractivity (Wildman–Crippen MR) is 92.2 cm³/mol. The molecule has 0 spiro atoms. The molecule has 0 radical (unpaired) electrons. The Morgan fingerprint density at radius 1 is 0.958 bits per heavy atom. The van der Waals surface area contributed by atoms with Crippen molar-refractivity contribution in [3.05, 3.63) is 60.2 Å². The van der Waals surface area contributed by atoms with Crippen molar-refractivity contribution in [1.29, 1.82) is 0 Å². The summed E-state index contributed by atoms with van der Waals surface area (Å²) in [6.45, 7) is 1.54. The average molecular weight is 329 g/mol. The van der Waals surface area contributed by atoms with E-state index in [1.807, 2.05) is 30.3 Å². The van der Waals surface area contributed by atoms with Gasteiger partial charge < -0.3 is 19.1 Å². The van der Waals surface area contributed by atoms with Gasteiger partial charge in [-0.25, -0.2) is 0 Å². The second-order valence-corrected chi connectivity index (χ2v) is 5.26. The highest BCUT2D eigenvalue weighted by atomic mass is 16.5. The summed E-state index contributed by atoms with van der Waals surface area (Å²) < 4.78 is 15.8. The van der Waals surface area contributed by atoms with E-state index in [0.29, 0.717) is 25.4 Å². The maximum Gasteiger partial charge on any atom is 0.260 e. The number of nitrogens with zero attached hydrogens (tertiary/aromatic N) is 1. The number of carbonyl (C=O) groups excluding carboxylic acids is 1. The fraction of sp³-hybridized carbons (Fsp3) is 0.316. The molecule has 0 fully saturated rings. The van der Waals surface area contributed by atoms with Crippen LogP contribution in [0.5, 0.6) is 11.5 Å². The first-order valence-corrected chi connectivity index (χ1v) is 7.80. The molecule has 2 aromatic rings. The fourth-order valence-electron chi connectivity index (χ4n) is 2.21. The monoisotopic (exact) mass is 329 g/mol. The minimum atomic E-state index is -0.0771. The average Bonchev–Trinajstić information content (AvgIpc) is 2.64. The van der Waals surface area contributed by atoms with Gasteiger partial charge in [-0.15, -0.1) is 0 Å². The van der Waals surface area contributed by atoms with Gasteiger partial charge in [0.2, 0.25) is 0 Å². The molecular weight excluding hydrogens is 306 g/mol. The Morgan fingerprint density at radius 3 is 2.25 bits per heavy atom. The Labute approximate surface area is 142 Å². The molecule has 2 rings (SSSR count). The van der Waals surface area contributed by atoms with Gasteiger partial charge in [-0.2, -0.15) is 0 Å². The van der Waals surface area contributed by atoms with Crippen LogP contribution in [-0.2, 0) is 16.1 Å². The summed E-state index contributed by atoms with van der Waals surface area (Å²) >= 11 is 0. The lowest BCUT2D eigenvalue weighted by Gasteiger charge is -2.22. The van der Waals surface area contributed by atoms with Crippen molar-refractivity contribution in [3.63, 3.8) is 0 Å². The summed E-state index contributed by atoms with van der Waals surface area (Å²) in [5.74, 6) is 1.31. The largest absolute Gasteiger partial charge is 0.497 e. The zero-order valence-corrected chi connectivity index (χ0v) is 14.1. The Kier molecular flexibility index (Phi) is 7.11. The number of amides is 1. The van der Waals surface area contributed by atoms with Crippen LogP contribution in [-0.4, -0.2) is 44.8 Å². The van der Waals surface area contributed by atoms with E-state index in [9.17, 15) is 4.79 Å². The standard InChI is InChI=1S/C19H23NO4/c1-22-13-12-20(14-16-6-4-3-5-7-16)19(21)15-24-18-10-8-17(23-2)9-11-18/h3-11H,12-15H2,1-2H3. The van der Waals surface area contributed by atoms with Crippen molar-refractivity contribution in [2.45, 2.75) is 6.54 Å². The van der Waals surface area contributed by atoms with Crippen LogP contribution in [0.2, 0.25) is 0 Å². The molecule has 0 saturated carbocycles. The normalized spacial score (nSPS) is 10.2. The number of methoxy groups -OCH3 is 2. The second kappa shape index (κ2) is 9.57. The van der Waals surface area contributed by atoms with Crippen LogP contribution in [0.25, 0.3) is 0 Å². The SMILES string of the molecule is COCCN(Cc1ccccc1)C(=O)COc1ccc(OC)cc1. The lowest BCUT2D eigenvalue weighted by molar-refractivity contribution is -0.134. The molecule has 0 heterocycles. The van der Waals surface area contributed by atoms with Gasteiger partial charge in [0.05, 0.1) is 13.7 Å². The van der Waals surface area contributed by atoms with Gasteiger partial charge in [-0.05, 0) is 29.8 Å². The van der Waals surface area contributed by atoms with Crippen molar-refractivity contribution in [1.82, 2.24) is 4.90 Å². The highest BCUT2D eigenvalue weighted by Crippen LogP contribution is 2.17. The maximum absolute atomic E-state index is 12.5. The summed E-state index contributed by atoms with van der Waals surface area (Å²) in [5.41, 5.74) is 1.08. The van der Waals surface area contributed by atoms with Crippen LogP contribution in [0.3, 0.4) is 0 Å². The second-order valence-electron chi connectivity index (χ2n) is 5.26. The van der Waals surface area contributed by atoms with Crippen LogP contribution in [0.4, 0.5) is 0 Å². The van der Waals surface area contributed by atoms with Crippen LogP contribution < -0.4 is 9.47 Å². The predicted octanol–water partition coefficient (Wildman–Crippen LogP) is 2.75. The molecule has 0 N–H and O–H groups in total. The van der Waals surface area contributed by atoms with Gasteiger partial charge in [0, 0.05) is 20.2 Å². The molecule has 0 aliphatic rings. The molecule has 0 atom stereocenters. The van der Waals surface area contributed by atoms with Crippen LogP contribution >= 0.6 is 0 Å². The number of rotatable bonds is 9. The first kappa shape index (κ1) is 17.8. The fourth-order valence-corrected chi connectivity index (χ4v) is 2.21. The van der Waals surface area contributed by atoms with Gasteiger partial charge in [0.15, 0.2) is 6.61 Å². The molecule has 0 aromatic heterocycles. The molecule has 24 heavy (non-hydrogen) atoms. The van der Waals surface area contributed by atoms with Gasteiger partial charge in [-0.3, -0.25) is 4.79 Å². The van der Waals surface area contributed by atoms with Gasteiger partial charge in [0.1, 0.15) is 11.5 Å². The summed E-state index contributed by atoms with van der Waals surface area (Å²) in [6, 6.07) is 17.0. The first-order valence-electron chi connectivity index (χ1n) is 7.80. The van der Waals surface area contributed by atoms with Crippen molar-refractivity contribution in [2.75, 3.05) is 34.0 Å². The zero-order valence-electron chi connectivity index (χ0n) is 14.1. The number of hydrogen-bond donors (Lipinski definition) is 0. The molecular formula is C19H23NO4. The number of benzene rings is 2. The van der Waals surface area contributed by atoms with E-state index >= 15 is 0 Å². The molecule has 2 aromatic carbocycles. The van der Waals surface area contributed by atoms with Crippen molar-refractivity contribution >= 4 is 5.91 Å². The van der Waals surface area contributed by atoms with Crippen molar-refractivity contribution in [2.24, 2.45) is 0 Å². The molecule has 1 amide bonds. The Bertz CT molecular complexity index is 613. The third-order valence-electron chi connectivity index (χ3n) is 3.56. The molecule has 5 heteroatoms. The quantitative estimate of drug-likeness (QED) is 0.710. The summed E-state index contributed by atoms with van der Waals surface area (Å²) in [7, 11) is 3.23. The molecule has 0 bridgehead atoms. The summed E-state index contributed by atoms with van der Waals surface area (Å²) in [4.78, 5) is 14.2. The van der Waals surface area contributed by atoms with E-state index < -0.39 is 0 Å². The molecule has 0 aliphatic carbocycles. The number of carbonyl (C=O) groups is 1. The summed E-state index contributed by atoms with van der Waals surface area (Å²) in [6.07, 6.45) is 0. The Morgan fingerprint density at radius 2 is 1.62 bits per heavy atom. The zero-order chi connectivity index (χ0) is 17.2. The van der Waals surface area contributed by atoms with E-state index in [0.717, 1.165) is 11.3 Å². The Balaban J connectivity index is 1.93. The van der Waals surface area contributed by atoms with Crippen LogP contribution in [0.1, 0.15) is 5.56 Å². The van der Waals surface area contributed by atoms with Crippen LogP contribution in [0.15, 0.2) is 54.6 Å². The van der Waals surface area contributed by atoms with E-state index in [2.05, 4.69) is 0 Å². The minimum Gasteiger partial charge on any atom is -0.497 e. The molecule has 128 valence electrons. The maximum atomic E-state index is 12.5. The van der Waals surface area contributed by atoms with Crippen molar-refractivity contribution in [3.8, 4) is 11.5 Å².